The van der Waals surface area contributed by atoms with E-state index in [0.29, 0.717) is 6.54 Å². The van der Waals surface area contributed by atoms with Gasteiger partial charge in [0.05, 0.1) is 6.54 Å². The summed E-state index contributed by atoms with van der Waals surface area (Å²) in [5.41, 5.74) is -0.748. The van der Waals surface area contributed by atoms with Crippen molar-refractivity contribution in [2.75, 3.05) is 13.1 Å². The average Bonchev–Trinajstić information content (AvgIpc) is 2.55. The highest BCUT2D eigenvalue weighted by atomic mass is 19.1. The van der Waals surface area contributed by atoms with Gasteiger partial charge in [0.2, 0.25) is 11.8 Å². The number of benzene rings is 1. The van der Waals surface area contributed by atoms with Crippen LogP contribution in [0, 0.1) is 17.6 Å². The minimum atomic E-state index is -1.04. The van der Waals surface area contributed by atoms with Crippen LogP contribution in [0.5, 0.6) is 0 Å². The van der Waals surface area contributed by atoms with Gasteiger partial charge in [-0.05, 0) is 24.5 Å². The topological polar surface area (TPSA) is 87.3 Å². The van der Waals surface area contributed by atoms with Crippen molar-refractivity contribution in [3.63, 3.8) is 0 Å². The Hall–Kier alpha value is -2.51. The summed E-state index contributed by atoms with van der Waals surface area (Å²) < 4.78 is 27.3. The van der Waals surface area contributed by atoms with Gasteiger partial charge < -0.3 is 16.0 Å². The number of halogens is 2. The Kier molecular flexibility index (Phi) is 7.97. The van der Waals surface area contributed by atoms with Gasteiger partial charge in [0, 0.05) is 6.54 Å². The standard InChI is InChI=1S/C17H23F2N3O3/c1-4-8-20-13(23)9-21-17(25)15(10(2)3)22-16(24)14-11(18)6-5-7-12(14)19/h5-7,10,15H,4,8-9H2,1-3H3,(H,20,23)(H,21,25)(H,22,24). The molecule has 0 saturated heterocycles. The van der Waals surface area contributed by atoms with E-state index in [-0.39, 0.29) is 18.4 Å². The quantitative estimate of drug-likeness (QED) is 0.658. The molecule has 8 heteroatoms. The summed E-state index contributed by atoms with van der Waals surface area (Å²) in [5.74, 6) is -4.37. The molecule has 0 heterocycles. The molecule has 0 aliphatic heterocycles. The highest BCUT2D eigenvalue weighted by Crippen LogP contribution is 2.13. The van der Waals surface area contributed by atoms with Gasteiger partial charge in [0.15, 0.2) is 0 Å². The minimum Gasteiger partial charge on any atom is -0.355 e. The Balaban J connectivity index is 2.75. The zero-order chi connectivity index (χ0) is 19.0. The first-order valence-electron chi connectivity index (χ1n) is 8.07. The lowest BCUT2D eigenvalue weighted by Gasteiger charge is -2.22. The molecule has 0 aliphatic carbocycles. The van der Waals surface area contributed by atoms with Crippen molar-refractivity contribution in [3.8, 4) is 0 Å². The fourth-order valence-electron chi connectivity index (χ4n) is 2.07. The summed E-state index contributed by atoms with van der Waals surface area (Å²) in [6, 6.07) is 2.02. The molecule has 3 amide bonds. The summed E-state index contributed by atoms with van der Waals surface area (Å²) in [5, 5.41) is 7.32. The molecule has 1 unspecified atom stereocenters. The van der Waals surface area contributed by atoms with Crippen LogP contribution >= 0.6 is 0 Å². The van der Waals surface area contributed by atoms with Crippen LogP contribution in [0.15, 0.2) is 18.2 Å². The van der Waals surface area contributed by atoms with E-state index in [0.717, 1.165) is 24.6 Å². The first-order chi connectivity index (χ1) is 11.8. The summed E-state index contributed by atoms with van der Waals surface area (Å²) >= 11 is 0. The SMILES string of the molecule is CCCNC(=O)CNC(=O)C(NC(=O)c1c(F)cccc1F)C(C)C. The van der Waals surface area contributed by atoms with Gasteiger partial charge >= 0.3 is 0 Å². The number of carbonyl (C=O) groups is 3. The lowest BCUT2D eigenvalue weighted by molar-refractivity contribution is -0.127. The second-order valence-electron chi connectivity index (χ2n) is 5.86. The third-order valence-electron chi connectivity index (χ3n) is 3.42. The van der Waals surface area contributed by atoms with Crippen molar-refractivity contribution in [3.05, 3.63) is 35.4 Å². The number of carbonyl (C=O) groups excluding carboxylic acids is 3. The molecule has 1 rings (SSSR count). The van der Waals surface area contributed by atoms with E-state index in [1.807, 2.05) is 6.92 Å². The molecule has 3 N–H and O–H groups in total. The van der Waals surface area contributed by atoms with Crippen molar-refractivity contribution < 1.29 is 23.2 Å². The van der Waals surface area contributed by atoms with Crippen LogP contribution in [-0.2, 0) is 9.59 Å². The number of rotatable bonds is 8. The van der Waals surface area contributed by atoms with Crippen LogP contribution < -0.4 is 16.0 Å². The monoisotopic (exact) mass is 355 g/mol. The number of hydrogen-bond acceptors (Lipinski definition) is 3. The summed E-state index contributed by atoms with van der Waals surface area (Å²) in [6.45, 7) is 5.47. The fourth-order valence-corrected chi connectivity index (χ4v) is 2.07. The van der Waals surface area contributed by atoms with Crippen LogP contribution in [-0.4, -0.2) is 36.9 Å². The fraction of sp³-hybridized carbons (Fsp3) is 0.471. The molecule has 0 bridgehead atoms. The van der Waals surface area contributed by atoms with E-state index in [4.69, 9.17) is 0 Å². The van der Waals surface area contributed by atoms with Crippen molar-refractivity contribution in [2.24, 2.45) is 5.92 Å². The van der Waals surface area contributed by atoms with Crippen molar-refractivity contribution in [1.82, 2.24) is 16.0 Å². The third-order valence-corrected chi connectivity index (χ3v) is 3.42. The van der Waals surface area contributed by atoms with Crippen LogP contribution in [0.2, 0.25) is 0 Å². The van der Waals surface area contributed by atoms with Gasteiger partial charge in [0.25, 0.3) is 5.91 Å². The second kappa shape index (κ2) is 9.71. The maximum absolute atomic E-state index is 13.7. The lowest BCUT2D eigenvalue weighted by atomic mass is 10.0. The molecular formula is C17H23F2N3O3. The molecule has 138 valence electrons. The first kappa shape index (κ1) is 20.5. The molecule has 25 heavy (non-hydrogen) atoms. The van der Waals surface area contributed by atoms with Crippen LogP contribution in [0.1, 0.15) is 37.6 Å². The molecule has 0 fully saturated rings. The smallest absolute Gasteiger partial charge is 0.257 e. The normalized spacial score (nSPS) is 11.8. The van der Waals surface area contributed by atoms with E-state index >= 15 is 0 Å². The number of nitrogens with one attached hydrogen (secondary N) is 3. The van der Waals surface area contributed by atoms with Crippen molar-refractivity contribution in [2.45, 2.75) is 33.2 Å². The highest BCUT2D eigenvalue weighted by Gasteiger charge is 2.27. The maximum Gasteiger partial charge on any atom is 0.257 e. The Morgan fingerprint density at radius 2 is 1.68 bits per heavy atom. The largest absolute Gasteiger partial charge is 0.355 e. The Labute approximate surface area is 145 Å². The van der Waals surface area contributed by atoms with E-state index in [1.165, 1.54) is 0 Å². The van der Waals surface area contributed by atoms with Gasteiger partial charge in [-0.1, -0.05) is 26.8 Å². The molecule has 0 aromatic heterocycles. The van der Waals surface area contributed by atoms with Gasteiger partial charge in [-0.15, -0.1) is 0 Å². The second-order valence-corrected chi connectivity index (χ2v) is 5.86. The van der Waals surface area contributed by atoms with Crippen molar-refractivity contribution >= 4 is 17.7 Å². The first-order valence-corrected chi connectivity index (χ1v) is 8.07. The average molecular weight is 355 g/mol. The third kappa shape index (κ3) is 6.13. The predicted octanol–water partition coefficient (Wildman–Crippen LogP) is 1.36. The zero-order valence-electron chi connectivity index (χ0n) is 14.5. The molecule has 1 aromatic carbocycles. The summed E-state index contributed by atoms with van der Waals surface area (Å²) in [4.78, 5) is 35.9. The Bertz CT molecular complexity index is 615. The minimum absolute atomic E-state index is 0.244. The molecule has 6 nitrogen and oxygen atoms in total. The van der Waals surface area contributed by atoms with Crippen LogP contribution in [0.25, 0.3) is 0 Å². The molecular weight excluding hydrogens is 332 g/mol. The van der Waals surface area contributed by atoms with Crippen LogP contribution in [0.3, 0.4) is 0 Å². The molecule has 0 radical (unpaired) electrons. The number of amides is 3. The van der Waals surface area contributed by atoms with Crippen LogP contribution in [0.4, 0.5) is 8.78 Å². The summed E-state index contributed by atoms with van der Waals surface area (Å²) in [6.07, 6.45) is 0.762. The molecule has 0 saturated carbocycles. The van der Waals surface area contributed by atoms with Gasteiger partial charge in [0.1, 0.15) is 23.2 Å². The van der Waals surface area contributed by atoms with Crippen molar-refractivity contribution in [1.29, 1.82) is 0 Å². The predicted molar refractivity (Wildman–Crippen MR) is 88.8 cm³/mol. The van der Waals surface area contributed by atoms with E-state index in [1.54, 1.807) is 13.8 Å². The Morgan fingerprint density at radius 1 is 1.08 bits per heavy atom. The number of hydrogen-bond donors (Lipinski definition) is 3. The summed E-state index contributed by atoms with van der Waals surface area (Å²) in [7, 11) is 0. The Morgan fingerprint density at radius 3 is 2.20 bits per heavy atom. The zero-order valence-corrected chi connectivity index (χ0v) is 14.5. The van der Waals surface area contributed by atoms with E-state index < -0.39 is 35.1 Å². The van der Waals surface area contributed by atoms with Gasteiger partial charge in [-0.25, -0.2) is 8.78 Å². The van der Waals surface area contributed by atoms with Gasteiger partial charge in [-0.2, -0.15) is 0 Å². The highest BCUT2D eigenvalue weighted by molar-refractivity contribution is 5.98. The molecule has 1 atom stereocenters. The molecule has 0 aliphatic rings. The van der Waals surface area contributed by atoms with E-state index in [9.17, 15) is 23.2 Å². The molecule has 1 aromatic rings. The lowest BCUT2D eigenvalue weighted by Crippen LogP contribution is -2.51. The molecule has 0 spiro atoms. The van der Waals surface area contributed by atoms with E-state index in [2.05, 4.69) is 16.0 Å². The maximum atomic E-state index is 13.7. The van der Waals surface area contributed by atoms with Gasteiger partial charge in [-0.3, -0.25) is 14.4 Å².